The summed E-state index contributed by atoms with van der Waals surface area (Å²) in [6.07, 6.45) is 8.37. The third kappa shape index (κ3) is 4.70. The monoisotopic (exact) mass is 290 g/mol. The molecule has 0 atom stereocenters. The zero-order valence-electron chi connectivity index (χ0n) is 12.8. The summed E-state index contributed by atoms with van der Waals surface area (Å²) >= 11 is 0. The van der Waals surface area contributed by atoms with Gasteiger partial charge in [0.15, 0.2) is 5.84 Å². The van der Waals surface area contributed by atoms with E-state index in [-0.39, 0.29) is 5.84 Å². The summed E-state index contributed by atoms with van der Waals surface area (Å²) in [5.41, 5.74) is 7.16. The Hall–Kier alpha value is -1.62. The van der Waals surface area contributed by atoms with Crippen LogP contribution in [0.2, 0.25) is 0 Å². The zero-order chi connectivity index (χ0) is 15.1. The molecule has 2 rings (SSSR count). The Bertz CT molecular complexity index is 467. The molecule has 21 heavy (non-hydrogen) atoms. The first-order valence-corrected chi connectivity index (χ1v) is 7.83. The summed E-state index contributed by atoms with van der Waals surface area (Å²) in [4.78, 5) is 4.17. The molecule has 116 valence electrons. The molecule has 4 N–H and O–H groups in total. The molecule has 0 aromatic carbocycles. The number of nitrogens with one attached hydrogen (secondary N) is 1. The van der Waals surface area contributed by atoms with Gasteiger partial charge in [-0.3, -0.25) is 4.98 Å². The Morgan fingerprint density at radius 1 is 1.43 bits per heavy atom. The molecule has 1 aliphatic carbocycles. The van der Waals surface area contributed by atoms with E-state index < -0.39 is 0 Å². The van der Waals surface area contributed by atoms with Crippen molar-refractivity contribution in [2.45, 2.75) is 45.6 Å². The summed E-state index contributed by atoms with van der Waals surface area (Å²) in [5.74, 6) is 1.84. The highest BCUT2D eigenvalue weighted by atomic mass is 16.4. The molecular formula is C16H26N4O. The minimum Gasteiger partial charge on any atom is -0.409 e. The Morgan fingerprint density at radius 2 is 2.19 bits per heavy atom. The molecular weight excluding hydrogens is 264 g/mol. The Labute approximate surface area is 126 Å². The van der Waals surface area contributed by atoms with Crippen molar-refractivity contribution in [3.8, 4) is 0 Å². The van der Waals surface area contributed by atoms with Crippen LogP contribution in [0.15, 0.2) is 23.5 Å². The van der Waals surface area contributed by atoms with Gasteiger partial charge in [0.2, 0.25) is 0 Å². The maximum atomic E-state index is 8.78. The van der Waals surface area contributed by atoms with Gasteiger partial charge in [0.1, 0.15) is 5.69 Å². The molecule has 5 heteroatoms. The van der Waals surface area contributed by atoms with Gasteiger partial charge in [0.25, 0.3) is 0 Å². The van der Waals surface area contributed by atoms with E-state index in [9.17, 15) is 0 Å². The maximum Gasteiger partial charge on any atom is 0.189 e. The van der Waals surface area contributed by atoms with Gasteiger partial charge in [0, 0.05) is 12.7 Å². The van der Waals surface area contributed by atoms with E-state index in [0.717, 1.165) is 23.9 Å². The second-order valence-corrected chi connectivity index (χ2v) is 6.09. The topological polar surface area (TPSA) is 83.5 Å². The van der Waals surface area contributed by atoms with E-state index in [1.165, 1.54) is 32.1 Å². The van der Waals surface area contributed by atoms with E-state index in [1.807, 2.05) is 12.1 Å². The van der Waals surface area contributed by atoms with Gasteiger partial charge in [-0.1, -0.05) is 43.8 Å². The standard InChI is InChI=1S/C16H26N4O/c1-12-4-6-13(7-5-12)8-10-18-11-14-3-2-9-19-15(14)16(17)20-21/h2-3,9,12-13,18,21H,4-8,10-11H2,1H3,(H2,17,20). The number of nitrogens with two attached hydrogens (primary N) is 1. The molecule has 1 heterocycles. The summed E-state index contributed by atoms with van der Waals surface area (Å²) in [6, 6.07) is 3.82. The van der Waals surface area contributed by atoms with Crippen LogP contribution >= 0.6 is 0 Å². The van der Waals surface area contributed by atoms with Crippen LogP contribution in [0.5, 0.6) is 0 Å². The number of pyridine rings is 1. The van der Waals surface area contributed by atoms with Crippen LogP contribution < -0.4 is 11.1 Å². The van der Waals surface area contributed by atoms with Crippen molar-refractivity contribution in [2.75, 3.05) is 6.54 Å². The van der Waals surface area contributed by atoms with Crippen molar-refractivity contribution < 1.29 is 5.21 Å². The van der Waals surface area contributed by atoms with Crippen molar-refractivity contribution in [2.24, 2.45) is 22.7 Å². The molecule has 0 spiro atoms. The van der Waals surface area contributed by atoms with Crippen LogP contribution in [0.3, 0.4) is 0 Å². The van der Waals surface area contributed by atoms with Crippen molar-refractivity contribution in [3.63, 3.8) is 0 Å². The van der Waals surface area contributed by atoms with E-state index >= 15 is 0 Å². The summed E-state index contributed by atoms with van der Waals surface area (Å²) < 4.78 is 0. The van der Waals surface area contributed by atoms with Crippen LogP contribution in [0.25, 0.3) is 0 Å². The van der Waals surface area contributed by atoms with E-state index in [0.29, 0.717) is 12.2 Å². The second kappa shape index (κ2) is 7.98. The molecule has 1 aliphatic rings. The van der Waals surface area contributed by atoms with Gasteiger partial charge in [-0.05, 0) is 36.4 Å². The van der Waals surface area contributed by atoms with Crippen LogP contribution in [0, 0.1) is 11.8 Å². The number of hydrogen-bond acceptors (Lipinski definition) is 4. The summed E-state index contributed by atoms with van der Waals surface area (Å²) in [6.45, 7) is 4.05. The average Bonchev–Trinajstić information content (AvgIpc) is 2.53. The Kier molecular flexibility index (Phi) is 5.99. The summed E-state index contributed by atoms with van der Waals surface area (Å²) in [5, 5.41) is 15.3. The minimum atomic E-state index is 0.0636. The second-order valence-electron chi connectivity index (χ2n) is 6.09. The minimum absolute atomic E-state index is 0.0636. The normalized spacial score (nSPS) is 23.2. The number of rotatable bonds is 6. The van der Waals surface area contributed by atoms with Crippen LogP contribution in [-0.2, 0) is 6.54 Å². The molecule has 0 saturated heterocycles. The first-order chi connectivity index (χ1) is 10.2. The predicted octanol–water partition coefficient (Wildman–Crippen LogP) is 2.48. The third-order valence-corrected chi connectivity index (χ3v) is 4.42. The largest absolute Gasteiger partial charge is 0.409 e. The fraction of sp³-hybridized carbons (Fsp3) is 0.625. The first-order valence-electron chi connectivity index (χ1n) is 7.83. The lowest BCUT2D eigenvalue weighted by Crippen LogP contribution is -2.23. The fourth-order valence-electron chi connectivity index (χ4n) is 3.01. The molecule has 5 nitrogen and oxygen atoms in total. The van der Waals surface area contributed by atoms with Crippen LogP contribution in [-0.4, -0.2) is 22.6 Å². The van der Waals surface area contributed by atoms with Crippen molar-refractivity contribution in [1.29, 1.82) is 0 Å². The molecule has 0 radical (unpaired) electrons. The Balaban J connectivity index is 1.76. The third-order valence-electron chi connectivity index (χ3n) is 4.42. The quantitative estimate of drug-likeness (QED) is 0.247. The van der Waals surface area contributed by atoms with Gasteiger partial charge in [0.05, 0.1) is 0 Å². The maximum absolute atomic E-state index is 8.78. The Morgan fingerprint density at radius 3 is 2.90 bits per heavy atom. The average molecular weight is 290 g/mol. The number of oxime groups is 1. The highest BCUT2D eigenvalue weighted by Crippen LogP contribution is 2.29. The van der Waals surface area contributed by atoms with Gasteiger partial charge < -0.3 is 16.3 Å². The van der Waals surface area contributed by atoms with Gasteiger partial charge >= 0.3 is 0 Å². The number of aromatic nitrogens is 1. The van der Waals surface area contributed by atoms with Crippen LogP contribution in [0.4, 0.5) is 0 Å². The van der Waals surface area contributed by atoms with E-state index in [4.69, 9.17) is 10.9 Å². The van der Waals surface area contributed by atoms with Crippen molar-refractivity contribution in [3.05, 3.63) is 29.6 Å². The SMILES string of the molecule is CC1CCC(CCNCc2cccnc2C(N)=NO)CC1. The first kappa shape index (κ1) is 15.8. The number of amidine groups is 1. The van der Waals surface area contributed by atoms with Gasteiger partial charge in [-0.2, -0.15) is 0 Å². The lowest BCUT2D eigenvalue weighted by Gasteiger charge is -2.26. The molecule has 1 aromatic heterocycles. The molecule has 0 bridgehead atoms. The van der Waals surface area contributed by atoms with Gasteiger partial charge in [-0.15, -0.1) is 0 Å². The highest BCUT2D eigenvalue weighted by molar-refractivity contribution is 5.96. The van der Waals surface area contributed by atoms with Gasteiger partial charge in [-0.25, -0.2) is 0 Å². The summed E-state index contributed by atoms with van der Waals surface area (Å²) in [7, 11) is 0. The van der Waals surface area contributed by atoms with Crippen molar-refractivity contribution >= 4 is 5.84 Å². The molecule has 1 aromatic rings. The predicted molar refractivity (Wildman–Crippen MR) is 84.2 cm³/mol. The molecule has 0 unspecified atom stereocenters. The number of hydrogen-bond donors (Lipinski definition) is 3. The lowest BCUT2D eigenvalue weighted by molar-refractivity contribution is 0.275. The van der Waals surface area contributed by atoms with Crippen molar-refractivity contribution in [1.82, 2.24) is 10.3 Å². The van der Waals surface area contributed by atoms with E-state index in [2.05, 4.69) is 22.4 Å². The smallest absolute Gasteiger partial charge is 0.189 e. The molecule has 0 amide bonds. The zero-order valence-corrected chi connectivity index (χ0v) is 12.8. The molecule has 0 aliphatic heterocycles. The molecule has 1 saturated carbocycles. The highest BCUT2D eigenvalue weighted by Gasteiger charge is 2.17. The number of nitrogens with zero attached hydrogens (tertiary/aromatic N) is 2. The lowest BCUT2D eigenvalue weighted by atomic mass is 9.81. The molecule has 1 fully saturated rings. The van der Waals surface area contributed by atoms with E-state index in [1.54, 1.807) is 6.20 Å². The fourth-order valence-corrected chi connectivity index (χ4v) is 3.01. The van der Waals surface area contributed by atoms with Crippen LogP contribution in [0.1, 0.15) is 50.3 Å².